The molecule has 2 aromatic heterocycles. The summed E-state index contributed by atoms with van der Waals surface area (Å²) < 4.78 is 33.0. The van der Waals surface area contributed by atoms with Crippen molar-refractivity contribution in [1.29, 1.82) is 0 Å². The first kappa shape index (κ1) is 20.0. The van der Waals surface area contributed by atoms with Gasteiger partial charge in [0, 0.05) is 42.5 Å². The van der Waals surface area contributed by atoms with Gasteiger partial charge in [0.25, 0.3) is 5.91 Å². The third-order valence-corrected chi connectivity index (χ3v) is 7.42. The van der Waals surface area contributed by atoms with Gasteiger partial charge in [-0.05, 0) is 49.2 Å². The Kier molecular flexibility index (Phi) is 5.17. The highest BCUT2D eigenvalue weighted by atomic mass is 32.2. The smallest absolute Gasteiger partial charge is 0.252 e. The maximum Gasteiger partial charge on any atom is 0.252 e. The maximum atomic E-state index is 13.1. The van der Waals surface area contributed by atoms with Crippen molar-refractivity contribution in [2.45, 2.75) is 23.8 Å². The Morgan fingerprint density at radius 2 is 1.81 bits per heavy atom. The van der Waals surface area contributed by atoms with Crippen LogP contribution in [0.5, 0.6) is 0 Å². The highest BCUT2D eigenvalue weighted by molar-refractivity contribution is 7.89. The summed E-state index contributed by atoms with van der Waals surface area (Å²) in [4.78, 5) is 21.9. The number of fused-ring (bicyclic) bond motifs is 1. The number of rotatable bonds is 5. The van der Waals surface area contributed by atoms with Gasteiger partial charge in [-0.25, -0.2) is 13.4 Å². The van der Waals surface area contributed by atoms with Gasteiger partial charge in [0.15, 0.2) is 0 Å². The molecule has 0 spiro atoms. The van der Waals surface area contributed by atoms with Crippen molar-refractivity contribution >= 4 is 26.8 Å². The van der Waals surface area contributed by atoms with Crippen LogP contribution < -0.4 is 5.32 Å². The van der Waals surface area contributed by atoms with Crippen molar-refractivity contribution in [3.63, 3.8) is 0 Å². The van der Waals surface area contributed by atoms with Crippen LogP contribution in [0.4, 0.5) is 0 Å². The Bertz CT molecular complexity index is 1240. The molecule has 0 bridgehead atoms. The Morgan fingerprint density at radius 1 is 1.06 bits per heavy atom. The van der Waals surface area contributed by atoms with Crippen LogP contribution in [0.1, 0.15) is 23.2 Å². The van der Waals surface area contributed by atoms with Gasteiger partial charge in [-0.2, -0.15) is 4.31 Å². The number of sulfonamides is 1. The summed E-state index contributed by atoms with van der Waals surface area (Å²) in [6, 6.07) is 10.3. The van der Waals surface area contributed by atoms with Crippen LogP contribution in [0.25, 0.3) is 22.2 Å². The molecule has 1 saturated carbocycles. The molecule has 1 amide bonds. The molecule has 0 unspecified atom stereocenters. The molecule has 3 aromatic rings. The van der Waals surface area contributed by atoms with E-state index in [-0.39, 0.29) is 16.8 Å². The van der Waals surface area contributed by atoms with E-state index in [9.17, 15) is 13.2 Å². The number of hydrogen-bond donors (Lipinski definition) is 1. The van der Waals surface area contributed by atoms with Crippen molar-refractivity contribution in [1.82, 2.24) is 19.6 Å². The first-order valence-electron chi connectivity index (χ1n) is 10.3. The van der Waals surface area contributed by atoms with Gasteiger partial charge < -0.3 is 10.1 Å². The zero-order chi connectivity index (χ0) is 21.4. The van der Waals surface area contributed by atoms with Crippen molar-refractivity contribution in [3.05, 3.63) is 54.4 Å². The van der Waals surface area contributed by atoms with E-state index in [1.54, 1.807) is 36.7 Å². The topological polar surface area (TPSA) is 101 Å². The normalized spacial score (nSPS) is 17.5. The molecular weight excluding hydrogens is 416 g/mol. The number of pyridine rings is 2. The number of ether oxygens (including phenoxy) is 1. The van der Waals surface area contributed by atoms with Gasteiger partial charge in [-0.1, -0.05) is 0 Å². The quantitative estimate of drug-likeness (QED) is 0.655. The predicted octanol–water partition coefficient (Wildman–Crippen LogP) is 2.21. The lowest BCUT2D eigenvalue weighted by Crippen LogP contribution is -2.40. The van der Waals surface area contributed by atoms with E-state index in [1.165, 1.54) is 4.31 Å². The monoisotopic (exact) mass is 438 g/mol. The third kappa shape index (κ3) is 4.04. The van der Waals surface area contributed by atoms with Gasteiger partial charge in [0.1, 0.15) is 0 Å². The molecule has 8 nitrogen and oxygen atoms in total. The average Bonchev–Trinajstić information content (AvgIpc) is 3.63. The lowest BCUT2D eigenvalue weighted by molar-refractivity contribution is 0.0730. The van der Waals surface area contributed by atoms with Gasteiger partial charge in [-0.15, -0.1) is 0 Å². The van der Waals surface area contributed by atoms with E-state index in [0.29, 0.717) is 48.5 Å². The molecule has 160 valence electrons. The zero-order valence-corrected chi connectivity index (χ0v) is 17.6. The molecule has 3 heterocycles. The standard InChI is InChI=1S/C22H22N4O4S/c27-22(24-16-1-2-16)19-14-21(15-5-7-23-8-6-15)25-20-4-3-17(13-18(19)20)31(28,29)26-9-11-30-12-10-26/h3-8,13-14,16H,1-2,9-12H2,(H,24,27). The van der Waals surface area contributed by atoms with Crippen LogP contribution in [0.2, 0.25) is 0 Å². The van der Waals surface area contributed by atoms with E-state index < -0.39 is 10.0 Å². The van der Waals surface area contributed by atoms with Gasteiger partial charge in [-0.3, -0.25) is 9.78 Å². The van der Waals surface area contributed by atoms with Crippen LogP contribution >= 0.6 is 0 Å². The Labute approximate surface area is 180 Å². The summed E-state index contributed by atoms with van der Waals surface area (Å²) in [5.74, 6) is -0.217. The molecule has 0 radical (unpaired) electrons. The highest BCUT2D eigenvalue weighted by Gasteiger charge is 2.28. The van der Waals surface area contributed by atoms with E-state index >= 15 is 0 Å². The van der Waals surface area contributed by atoms with E-state index in [2.05, 4.69) is 15.3 Å². The van der Waals surface area contributed by atoms with Crippen molar-refractivity contribution in [2.75, 3.05) is 26.3 Å². The predicted molar refractivity (Wildman–Crippen MR) is 115 cm³/mol. The molecular formula is C22H22N4O4S. The summed E-state index contributed by atoms with van der Waals surface area (Å²) in [5, 5.41) is 3.53. The fraction of sp³-hybridized carbons (Fsp3) is 0.318. The summed E-state index contributed by atoms with van der Waals surface area (Å²) in [6.07, 6.45) is 5.26. The Balaban J connectivity index is 1.63. The lowest BCUT2D eigenvalue weighted by Gasteiger charge is -2.26. The van der Waals surface area contributed by atoms with Crippen molar-refractivity contribution < 1.29 is 17.9 Å². The van der Waals surface area contributed by atoms with Crippen LogP contribution in [-0.4, -0.2) is 60.9 Å². The fourth-order valence-corrected chi connectivity index (χ4v) is 5.09. The number of carbonyl (C=O) groups is 1. The molecule has 1 aromatic carbocycles. The van der Waals surface area contributed by atoms with Crippen molar-refractivity contribution in [2.24, 2.45) is 0 Å². The minimum absolute atomic E-state index is 0.154. The van der Waals surface area contributed by atoms with Crippen LogP contribution in [-0.2, 0) is 14.8 Å². The minimum atomic E-state index is -3.68. The van der Waals surface area contributed by atoms with Crippen LogP contribution in [0.3, 0.4) is 0 Å². The molecule has 0 atom stereocenters. The SMILES string of the molecule is O=C(NC1CC1)c1cc(-c2ccncc2)nc2ccc(S(=O)(=O)N3CCOCC3)cc12. The average molecular weight is 439 g/mol. The highest BCUT2D eigenvalue weighted by Crippen LogP contribution is 2.29. The minimum Gasteiger partial charge on any atom is -0.379 e. The Morgan fingerprint density at radius 3 is 2.52 bits per heavy atom. The summed E-state index contributed by atoms with van der Waals surface area (Å²) in [5.41, 5.74) is 2.46. The number of hydrogen-bond acceptors (Lipinski definition) is 6. The maximum absolute atomic E-state index is 13.1. The van der Waals surface area contributed by atoms with Crippen LogP contribution in [0, 0.1) is 0 Å². The first-order chi connectivity index (χ1) is 15.0. The molecule has 1 saturated heterocycles. The lowest BCUT2D eigenvalue weighted by atomic mass is 10.0. The number of nitrogens with zero attached hydrogens (tertiary/aromatic N) is 3. The van der Waals surface area contributed by atoms with Crippen LogP contribution in [0.15, 0.2) is 53.7 Å². The van der Waals surface area contributed by atoms with Gasteiger partial charge in [0.05, 0.1) is 34.9 Å². The number of benzene rings is 1. The largest absolute Gasteiger partial charge is 0.379 e. The third-order valence-electron chi connectivity index (χ3n) is 5.52. The summed E-state index contributed by atoms with van der Waals surface area (Å²) >= 11 is 0. The second-order valence-electron chi connectivity index (χ2n) is 7.73. The summed E-state index contributed by atoms with van der Waals surface area (Å²) in [7, 11) is -3.68. The first-order valence-corrected chi connectivity index (χ1v) is 11.7. The molecule has 1 aliphatic carbocycles. The van der Waals surface area contributed by atoms with Gasteiger partial charge >= 0.3 is 0 Å². The molecule has 31 heavy (non-hydrogen) atoms. The second-order valence-corrected chi connectivity index (χ2v) is 9.67. The van der Waals surface area contributed by atoms with E-state index in [4.69, 9.17) is 4.74 Å². The molecule has 1 N–H and O–H groups in total. The van der Waals surface area contributed by atoms with E-state index in [1.807, 2.05) is 12.1 Å². The fourth-order valence-electron chi connectivity index (χ4n) is 3.65. The van der Waals surface area contributed by atoms with E-state index in [0.717, 1.165) is 18.4 Å². The Hall–Kier alpha value is -2.88. The second kappa shape index (κ2) is 7.99. The summed E-state index contributed by atoms with van der Waals surface area (Å²) in [6.45, 7) is 1.38. The molecule has 9 heteroatoms. The number of nitrogens with one attached hydrogen (secondary N) is 1. The van der Waals surface area contributed by atoms with Crippen molar-refractivity contribution in [3.8, 4) is 11.3 Å². The number of carbonyl (C=O) groups excluding carboxylic acids is 1. The zero-order valence-electron chi connectivity index (χ0n) is 16.8. The number of morpholine rings is 1. The van der Waals surface area contributed by atoms with Gasteiger partial charge in [0.2, 0.25) is 10.0 Å². The molecule has 1 aliphatic heterocycles. The number of amides is 1. The molecule has 2 fully saturated rings. The molecule has 2 aliphatic rings. The number of aromatic nitrogens is 2. The molecule has 5 rings (SSSR count).